The summed E-state index contributed by atoms with van der Waals surface area (Å²) in [5.74, 6) is 1.20. The topological polar surface area (TPSA) is 50.2 Å². The fourth-order valence-corrected chi connectivity index (χ4v) is 4.67. The number of hydrogen-bond acceptors (Lipinski definition) is 2. The molecule has 28 heavy (non-hydrogen) atoms. The molecule has 3 heterocycles. The lowest BCUT2D eigenvalue weighted by molar-refractivity contribution is 0.194. The molecule has 0 saturated carbocycles. The van der Waals surface area contributed by atoms with Crippen LogP contribution in [0.4, 0.5) is 10.6 Å². The van der Waals surface area contributed by atoms with Crippen molar-refractivity contribution in [2.24, 2.45) is 0 Å². The predicted molar refractivity (Wildman–Crippen MR) is 112 cm³/mol. The number of carbonyl (C=O) groups is 1. The van der Waals surface area contributed by atoms with Gasteiger partial charge in [-0.15, -0.1) is 0 Å². The normalized spacial score (nSPS) is 17.5. The summed E-state index contributed by atoms with van der Waals surface area (Å²) in [6.07, 6.45) is 5.44. The maximum Gasteiger partial charge on any atom is 0.323 e. The number of nitrogens with zero attached hydrogens (tertiary/aromatic N) is 3. The van der Waals surface area contributed by atoms with Crippen molar-refractivity contribution in [3.05, 3.63) is 59.8 Å². The lowest BCUT2D eigenvalue weighted by atomic mass is 9.86. The Balaban J connectivity index is 1.24. The summed E-state index contributed by atoms with van der Waals surface area (Å²) in [7, 11) is 0. The van der Waals surface area contributed by atoms with Crippen molar-refractivity contribution in [2.75, 3.05) is 18.4 Å². The minimum absolute atomic E-state index is 0.0215. The van der Waals surface area contributed by atoms with Crippen molar-refractivity contribution in [1.82, 2.24) is 14.7 Å². The highest BCUT2D eigenvalue weighted by Gasteiger charge is 2.25. The first-order chi connectivity index (χ1) is 13.8. The highest BCUT2D eigenvalue weighted by Crippen LogP contribution is 2.33. The van der Waals surface area contributed by atoms with E-state index in [-0.39, 0.29) is 6.03 Å². The van der Waals surface area contributed by atoms with Crippen molar-refractivity contribution in [3.63, 3.8) is 0 Å². The van der Waals surface area contributed by atoms with Crippen molar-refractivity contribution in [2.45, 2.75) is 44.6 Å². The Kier molecular flexibility index (Phi) is 4.51. The summed E-state index contributed by atoms with van der Waals surface area (Å²) in [5.41, 5.74) is 2.65. The third-order valence-electron chi connectivity index (χ3n) is 6.20. The van der Waals surface area contributed by atoms with Crippen LogP contribution in [0.25, 0.3) is 10.8 Å². The fraction of sp³-hybridized carbons (Fsp3) is 0.391. The number of likely N-dealkylation sites (tertiary alicyclic amines) is 1. The van der Waals surface area contributed by atoms with E-state index < -0.39 is 0 Å². The van der Waals surface area contributed by atoms with E-state index in [0.29, 0.717) is 11.7 Å². The van der Waals surface area contributed by atoms with E-state index in [1.54, 1.807) is 0 Å². The van der Waals surface area contributed by atoms with Crippen LogP contribution in [-0.4, -0.2) is 33.8 Å². The third kappa shape index (κ3) is 3.26. The minimum Gasteiger partial charge on any atom is -0.324 e. The summed E-state index contributed by atoms with van der Waals surface area (Å²) >= 11 is 0. The van der Waals surface area contributed by atoms with Gasteiger partial charge in [-0.2, -0.15) is 5.10 Å². The number of carbonyl (C=O) groups excluding carboxylic acids is 1. The van der Waals surface area contributed by atoms with Crippen molar-refractivity contribution < 1.29 is 4.79 Å². The number of benzene rings is 2. The van der Waals surface area contributed by atoms with Gasteiger partial charge in [0.15, 0.2) is 5.82 Å². The van der Waals surface area contributed by atoms with Crippen LogP contribution in [0.3, 0.4) is 0 Å². The van der Waals surface area contributed by atoms with E-state index in [1.165, 1.54) is 34.9 Å². The Morgan fingerprint density at radius 3 is 2.68 bits per heavy atom. The number of piperidine rings is 1. The lowest BCUT2D eigenvalue weighted by Gasteiger charge is -2.32. The Morgan fingerprint density at radius 1 is 1.00 bits per heavy atom. The average molecular weight is 374 g/mol. The van der Waals surface area contributed by atoms with E-state index in [1.807, 2.05) is 15.6 Å². The number of anilines is 1. The SMILES string of the molecule is O=C(Nc1cc2n(n1)CCCC2)N1CCC(c2cccc3ccccc23)CC1. The summed E-state index contributed by atoms with van der Waals surface area (Å²) < 4.78 is 2.03. The Bertz CT molecular complexity index is 972. The van der Waals surface area contributed by atoms with Crippen LogP contribution in [-0.2, 0) is 13.0 Å². The number of nitrogens with one attached hydrogen (secondary N) is 1. The first-order valence-electron chi connectivity index (χ1n) is 10.4. The molecule has 1 fully saturated rings. The molecular formula is C23H26N4O. The van der Waals surface area contributed by atoms with Crippen LogP contribution in [0.15, 0.2) is 48.5 Å². The summed E-state index contributed by atoms with van der Waals surface area (Å²) in [4.78, 5) is 14.6. The van der Waals surface area contributed by atoms with Gasteiger partial charge in [-0.3, -0.25) is 10.00 Å². The molecule has 5 rings (SSSR count). The van der Waals surface area contributed by atoms with Gasteiger partial charge in [-0.25, -0.2) is 4.79 Å². The average Bonchev–Trinajstić information content (AvgIpc) is 3.16. The van der Waals surface area contributed by atoms with Crippen LogP contribution in [0.2, 0.25) is 0 Å². The molecule has 2 amide bonds. The monoisotopic (exact) mass is 374 g/mol. The Labute approximate surface area is 165 Å². The van der Waals surface area contributed by atoms with Crippen LogP contribution < -0.4 is 5.32 Å². The molecular weight excluding hydrogens is 348 g/mol. The van der Waals surface area contributed by atoms with E-state index >= 15 is 0 Å². The molecule has 0 unspecified atom stereocenters. The number of aryl methyl sites for hydroxylation is 2. The lowest BCUT2D eigenvalue weighted by Crippen LogP contribution is -2.40. The second-order valence-electron chi connectivity index (χ2n) is 7.96. The van der Waals surface area contributed by atoms with E-state index in [4.69, 9.17) is 0 Å². The zero-order valence-corrected chi connectivity index (χ0v) is 16.1. The minimum atomic E-state index is -0.0215. The Hall–Kier alpha value is -2.82. The fourth-order valence-electron chi connectivity index (χ4n) is 4.67. The second kappa shape index (κ2) is 7.30. The third-order valence-corrected chi connectivity index (χ3v) is 6.20. The van der Waals surface area contributed by atoms with Crippen LogP contribution in [0.5, 0.6) is 0 Å². The summed E-state index contributed by atoms with van der Waals surface area (Å²) in [6.45, 7) is 2.53. The number of fused-ring (bicyclic) bond motifs is 2. The van der Waals surface area contributed by atoms with Gasteiger partial charge in [0.05, 0.1) is 0 Å². The summed E-state index contributed by atoms with van der Waals surface area (Å²) in [5, 5.41) is 10.2. The molecule has 2 aliphatic heterocycles. The van der Waals surface area contributed by atoms with Gasteiger partial charge >= 0.3 is 6.03 Å². The van der Waals surface area contributed by atoms with Gasteiger partial charge in [0.1, 0.15) is 0 Å². The van der Waals surface area contributed by atoms with Gasteiger partial charge < -0.3 is 4.90 Å². The highest BCUT2D eigenvalue weighted by molar-refractivity contribution is 5.89. The Morgan fingerprint density at radius 2 is 1.82 bits per heavy atom. The van der Waals surface area contributed by atoms with Gasteiger partial charge in [-0.05, 0) is 54.4 Å². The molecule has 2 aromatic carbocycles. The molecule has 0 bridgehead atoms. The maximum absolute atomic E-state index is 12.7. The van der Waals surface area contributed by atoms with Gasteiger partial charge in [-0.1, -0.05) is 42.5 Å². The van der Waals surface area contributed by atoms with Crippen LogP contribution in [0.1, 0.15) is 42.9 Å². The zero-order valence-electron chi connectivity index (χ0n) is 16.1. The van der Waals surface area contributed by atoms with Gasteiger partial charge in [0, 0.05) is 31.4 Å². The number of hydrogen-bond donors (Lipinski definition) is 1. The zero-order chi connectivity index (χ0) is 18.9. The molecule has 0 spiro atoms. The number of aromatic nitrogens is 2. The summed E-state index contributed by atoms with van der Waals surface area (Å²) in [6, 6.07) is 17.2. The van der Waals surface area contributed by atoms with E-state index in [9.17, 15) is 4.79 Å². The quantitative estimate of drug-likeness (QED) is 0.701. The number of urea groups is 1. The molecule has 0 atom stereocenters. The van der Waals surface area contributed by atoms with Crippen LogP contribution >= 0.6 is 0 Å². The van der Waals surface area contributed by atoms with Crippen molar-refractivity contribution in [3.8, 4) is 0 Å². The largest absolute Gasteiger partial charge is 0.324 e. The number of amides is 2. The molecule has 5 heteroatoms. The second-order valence-corrected chi connectivity index (χ2v) is 7.96. The van der Waals surface area contributed by atoms with Crippen LogP contribution in [0, 0.1) is 0 Å². The molecule has 0 radical (unpaired) electrons. The molecule has 2 aliphatic rings. The number of rotatable bonds is 2. The first-order valence-corrected chi connectivity index (χ1v) is 10.4. The smallest absolute Gasteiger partial charge is 0.323 e. The molecule has 1 N–H and O–H groups in total. The molecule has 144 valence electrons. The molecule has 1 saturated heterocycles. The van der Waals surface area contributed by atoms with Gasteiger partial charge in [0.2, 0.25) is 0 Å². The molecule has 1 aromatic heterocycles. The molecule has 5 nitrogen and oxygen atoms in total. The first kappa shape index (κ1) is 17.3. The van der Waals surface area contributed by atoms with E-state index in [2.05, 4.69) is 52.9 Å². The van der Waals surface area contributed by atoms with Crippen molar-refractivity contribution >= 4 is 22.6 Å². The van der Waals surface area contributed by atoms with Gasteiger partial charge in [0.25, 0.3) is 0 Å². The molecule has 0 aliphatic carbocycles. The highest BCUT2D eigenvalue weighted by atomic mass is 16.2. The molecule has 3 aromatic rings. The maximum atomic E-state index is 12.7. The van der Waals surface area contributed by atoms with Crippen molar-refractivity contribution in [1.29, 1.82) is 0 Å². The standard InChI is InChI=1S/C23H26N4O/c28-23(24-22-16-19-8-3-4-13-27(19)25-22)26-14-11-18(12-15-26)21-10-5-7-17-6-1-2-9-20(17)21/h1-2,5-7,9-10,16,18H,3-4,8,11-15H2,(H,24,25,28). The van der Waals surface area contributed by atoms with E-state index in [0.717, 1.165) is 38.9 Å². The predicted octanol–water partition coefficient (Wildman–Crippen LogP) is 4.78.